The molecule has 0 spiro atoms. The van der Waals surface area contributed by atoms with Gasteiger partial charge in [-0.15, -0.1) is 0 Å². The Labute approximate surface area is 355 Å². The summed E-state index contributed by atoms with van der Waals surface area (Å²) in [4.78, 5) is 112. The predicted molar refractivity (Wildman–Crippen MR) is 211 cm³/mol. The molecule has 0 radical (unpaired) electrons. The van der Waals surface area contributed by atoms with Crippen LogP contribution < -0.4 is 21.3 Å². The molecule has 21 heteroatoms. The monoisotopic (exact) mass is 870 g/mol. The van der Waals surface area contributed by atoms with Gasteiger partial charge in [0.15, 0.2) is 0 Å². The SMILES string of the molecule is C=C(C)C(=O)OCCOC(=O)C(CCC(=O)OCCOC(=O)CCC(=O)OC1CNCCCNC1)(CCC(=O)OCCOC(=O)CCC(=O)OC1CNCCCNC1)C(C)=O. The summed E-state index contributed by atoms with van der Waals surface area (Å²) >= 11 is 0. The Kier molecular flexibility index (Phi) is 25.7. The molecule has 0 aliphatic carbocycles. The van der Waals surface area contributed by atoms with E-state index in [0.717, 1.165) is 45.9 Å². The number of carbonyl (C=O) groups is 9. The fraction of sp³-hybridized carbons (Fsp3) is 0.725. The van der Waals surface area contributed by atoms with Crippen LogP contribution in [0.1, 0.15) is 78.1 Å². The van der Waals surface area contributed by atoms with E-state index < -0.39 is 91.2 Å². The normalized spacial score (nSPS) is 15.2. The maximum absolute atomic E-state index is 13.4. The molecule has 21 nitrogen and oxygen atoms in total. The molecule has 0 aromatic heterocycles. The molecule has 0 bridgehead atoms. The maximum Gasteiger partial charge on any atom is 0.333 e. The smallest absolute Gasteiger partial charge is 0.333 e. The lowest BCUT2D eigenvalue weighted by atomic mass is 9.75. The standard InChI is InChI=1S/C40H62N4O17/c1-28(2)38(52)58-22-23-59-39(53)40(29(3)45,12-10-34(48)56-20-18-54-32(46)6-8-36(50)60-30-24-41-14-4-15-42-25-30)13-11-35(49)57-21-19-55-33(47)7-9-37(51)61-31-26-43-16-5-17-44-27-31/h30-31,41-44H,1,4-27H2,2-3H3. The summed E-state index contributed by atoms with van der Waals surface area (Å²) in [6, 6.07) is 0. The summed E-state index contributed by atoms with van der Waals surface area (Å²) in [6.07, 6.45) is -1.60. The van der Waals surface area contributed by atoms with Crippen molar-refractivity contribution in [3.63, 3.8) is 0 Å². The highest BCUT2D eigenvalue weighted by Gasteiger charge is 2.45. The van der Waals surface area contributed by atoms with Gasteiger partial charge in [-0.2, -0.15) is 0 Å². The van der Waals surface area contributed by atoms with Crippen molar-refractivity contribution in [1.82, 2.24) is 21.3 Å². The molecule has 4 N–H and O–H groups in total. The Morgan fingerprint density at radius 1 is 0.475 bits per heavy atom. The zero-order valence-electron chi connectivity index (χ0n) is 35.3. The van der Waals surface area contributed by atoms with Gasteiger partial charge in [-0.05, 0) is 65.7 Å². The predicted octanol–water partition coefficient (Wildman–Crippen LogP) is -0.493. The first-order valence-electron chi connectivity index (χ1n) is 20.6. The zero-order valence-corrected chi connectivity index (χ0v) is 35.3. The minimum Gasteiger partial charge on any atom is -0.462 e. The summed E-state index contributed by atoms with van der Waals surface area (Å²) in [5.74, 6) is -6.82. The average molecular weight is 871 g/mol. The molecule has 2 saturated heterocycles. The molecule has 344 valence electrons. The molecule has 2 heterocycles. The number of nitrogens with one attached hydrogen (secondary N) is 4. The van der Waals surface area contributed by atoms with E-state index in [9.17, 15) is 43.2 Å². The third-order valence-electron chi connectivity index (χ3n) is 9.26. The van der Waals surface area contributed by atoms with Crippen molar-refractivity contribution in [2.24, 2.45) is 5.41 Å². The van der Waals surface area contributed by atoms with Crippen LogP contribution in [0.4, 0.5) is 0 Å². The molecule has 2 fully saturated rings. The maximum atomic E-state index is 13.4. The van der Waals surface area contributed by atoms with E-state index in [1.54, 1.807) is 0 Å². The number of ether oxygens (including phenoxy) is 8. The Morgan fingerprint density at radius 2 is 0.803 bits per heavy atom. The number of hydrogen-bond acceptors (Lipinski definition) is 21. The van der Waals surface area contributed by atoms with Gasteiger partial charge in [-0.25, -0.2) is 4.79 Å². The van der Waals surface area contributed by atoms with Crippen molar-refractivity contribution in [2.45, 2.75) is 90.3 Å². The first-order valence-corrected chi connectivity index (χ1v) is 20.6. The summed E-state index contributed by atoms with van der Waals surface area (Å²) in [7, 11) is 0. The number of esters is 8. The largest absolute Gasteiger partial charge is 0.462 e. The fourth-order valence-electron chi connectivity index (χ4n) is 5.83. The molecular weight excluding hydrogens is 808 g/mol. The van der Waals surface area contributed by atoms with Gasteiger partial charge >= 0.3 is 47.8 Å². The van der Waals surface area contributed by atoms with E-state index in [1.807, 2.05) is 0 Å². The molecule has 0 atom stereocenters. The molecule has 0 amide bonds. The van der Waals surface area contributed by atoms with Crippen molar-refractivity contribution in [3.8, 4) is 0 Å². The van der Waals surface area contributed by atoms with Gasteiger partial charge in [-0.1, -0.05) is 6.58 Å². The van der Waals surface area contributed by atoms with E-state index in [4.69, 9.17) is 37.9 Å². The van der Waals surface area contributed by atoms with Gasteiger partial charge in [0.05, 0.1) is 25.7 Å². The quantitative estimate of drug-likeness (QED) is 0.0281. The van der Waals surface area contributed by atoms with E-state index >= 15 is 0 Å². The number of Topliss-reactive ketones (excluding diaryl/α,β-unsaturated/α-hetero) is 1. The summed E-state index contributed by atoms with van der Waals surface area (Å²) in [6.45, 7) is 8.89. The Balaban J connectivity index is 1.81. The summed E-state index contributed by atoms with van der Waals surface area (Å²) in [5, 5.41) is 12.7. The van der Waals surface area contributed by atoms with E-state index in [2.05, 4.69) is 27.8 Å². The van der Waals surface area contributed by atoms with Gasteiger partial charge < -0.3 is 59.2 Å². The van der Waals surface area contributed by atoms with Crippen molar-refractivity contribution >= 4 is 53.5 Å². The lowest BCUT2D eigenvalue weighted by Crippen LogP contribution is -2.42. The molecule has 0 aromatic carbocycles. The number of ketones is 1. The summed E-state index contributed by atoms with van der Waals surface area (Å²) < 4.78 is 41.2. The first kappa shape index (κ1) is 52.1. The molecule has 2 rings (SSSR count). The lowest BCUT2D eigenvalue weighted by Gasteiger charge is -2.28. The number of carbonyl (C=O) groups excluding carboxylic acids is 9. The van der Waals surface area contributed by atoms with Crippen LogP contribution in [0.5, 0.6) is 0 Å². The number of hydrogen-bond donors (Lipinski definition) is 4. The van der Waals surface area contributed by atoms with Gasteiger partial charge in [0, 0.05) is 44.6 Å². The second-order valence-electron chi connectivity index (χ2n) is 14.3. The topological polar surface area (TPSA) is 276 Å². The third kappa shape index (κ3) is 23.0. The van der Waals surface area contributed by atoms with Crippen molar-refractivity contribution in [2.75, 3.05) is 92.0 Å². The molecule has 0 unspecified atom stereocenters. The van der Waals surface area contributed by atoms with E-state index in [0.29, 0.717) is 26.2 Å². The van der Waals surface area contributed by atoms with E-state index in [1.165, 1.54) is 6.92 Å². The van der Waals surface area contributed by atoms with Gasteiger partial charge in [-0.3, -0.25) is 38.4 Å². The Hall–Kier alpha value is -4.99. The van der Waals surface area contributed by atoms with Crippen LogP contribution in [-0.2, 0) is 81.0 Å². The lowest BCUT2D eigenvalue weighted by molar-refractivity contribution is -0.166. The highest BCUT2D eigenvalue weighted by atomic mass is 16.6. The van der Waals surface area contributed by atoms with Crippen LogP contribution in [0.25, 0.3) is 0 Å². The van der Waals surface area contributed by atoms with Crippen LogP contribution in [-0.4, -0.2) is 158 Å². The molecule has 0 aromatic rings. The fourth-order valence-corrected chi connectivity index (χ4v) is 5.83. The zero-order chi connectivity index (χ0) is 44.9. The Bertz CT molecular complexity index is 1400. The molecular formula is C40H62N4O17. The van der Waals surface area contributed by atoms with Gasteiger partial charge in [0.1, 0.15) is 63.0 Å². The summed E-state index contributed by atoms with van der Waals surface area (Å²) in [5.41, 5.74) is -1.92. The van der Waals surface area contributed by atoms with Crippen molar-refractivity contribution < 1.29 is 81.0 Å². The highest BCUT2D eigenvalue weighted by molar-refractivity contribution is 6.03. The molecule has 61 heavy (non-hydrogen) atoms. The van der Waals surface area contributed by atoms with Gasteiger partial charge in [0.2, 0.25) is 0 Å². The van der Waals surface area contributed by atoms with E-state index in [-0.39, 0.29) is 76.5 Å². The van der Waals surface area contributed by atoms with Gasteiger partial charge in [0.25, 0.3) is 0 Å². The Morgan fingerprint density at radius 3 is 1.16 bits per heavy atom. The minimum atomic E-state index is -2.03. The number of rotatable bonds is 26. The molecule has 0 saturated carbocycles. The second kappa shape index (κ2) is 30.1. The van der Waals surface area contributed by atoms with Crippen LogP contribution in [0, 0.1) is 5.41 Å². The average Bonchev–Trinajstić information content (AvgIpc) is 3.19. The molecule has 2 aliphatic rings. The minimum absolute atomic E-state index is 0.109. The first-order chi connectivity index (χ1) is 29.2. The van der Waals surface area contributed by atoms with Crippen LogP contribution in [0.15, 0.2) is 12.2 Å². The second-order valence-corrected chi connectivity index (χ2v) is 14.3. The van der Waals surface area contributed by atoms with Crippen molar-refractivity contribution in [1.29, 1.82) is 0 Å². The highest BCUT2D eigenvalue weighted by Crippen LogP contribution is 2.33. The van der Waals surface area contributed by atoms with Crippen LogP contribution >= 0.6 is 0 Å². The van der Waals surface area contributed by atoms with Crippen LogP contribution in [0.2, 0.25) is 0 Å². The third-order valence-corrected chi connectivity index (χ3v) is 9.26. The van der Waals surface area contributed by atoms with Crippen LogP contribution in [0.3, 0.4) is 0 Å². The van der Waals surface area contributed by atoms with Crippen molar-refractivity contribution in [3.05, 3.63) is 12.2 Å². The molecule has 2 aliphatic heterocycles.